The van der Waals surface area contributed by atoms with Gasteiger partial charge in [0.25, 0.3) is 11.6 Å². The second-order valence-corrected chi connectivity index (χ2v) is 3.95. The maximum atomic E-state index is 11.6. The molecule has 88 valence electrons. The maximum absolute atomic E-state index is 11.6. The Morgan fingerprint density at radius 1 is 1.59 bits per heavy atom. The first-order valence-electron chi connectivity index (χ1n) is 5.08. The quantitative estimate of drug-likeness (QED) is 0.725. The molecule has 0 bridgehead atoms. The van der Waals surface area contributed by atoms with Crippen LogP contribution in [-0.2, 0) is 4.79 Å². The summed E-state index contributed by atoms with van der Waals surface area (Å²) in [5.41, 5.74) is -0.209. The molecule has 0 fully saturated rings. The average Bonchev–Trinajstić information content (AvgIpc) is 2.61. The molecule has 0 aliphatic carbocycles. The zero-order valence-corrected chi connectivity index (χ0v) is 9.52. The molecule has 2 N–H and O–H groups in total. The smallest absolute Gasteiger partial charge is 0.281 e. The summed E-state index contributed by atoms with van der Waals surface area (Å²) >= 11 is 0. The lowest BCUT2D eigenvalue weighted by Gasteiger charge is -2.04. The Morgan fingerprint density at radius 3 is 2.94 bits per heavy atom. The Balaban J connectivity index is 2.38. The van der Waals surface area contributed by atoms with E-state index in [1.807, 2.05) is 0 Å². The van der Waals surface area contributed by atoms with Gasteiger partial charge in [0.05, 0.1) is 0 Å². The van der Waals surface area contributed by atoms with E-state index in [9.17, 15) is 9.59 Å². The third kappa shape index (κ3) is 1.99. The van der Waals surface area contributed by atoms with Crippen LogP contribution < -0.4 is 10.9 Å². The highest BCUT2D eigenvalue weighted by molar-refractivity contribution is 5.90. The van der Waals surface area contributed by atoms with Gasteiger partial charge in [0, 0.05) is 12.6 Å². The van der Waals surface area contributed by atoms with E-state index in [-0.39, 0.29) is 23.5 Å². The second kappa shape index (κ2) is 3.93. The number of aliphatic imine (C=N–C) groups is 1. The van der Waals surface area contributed by atoms with E-state index in [2.05, 4.69) is 27.0 Å². The summed E-state index contributed by atoms with van der Waals surface area (Å²) < 4.78 is 1.37. The van der Waals surface area contributed by atoms with Gasteiger partial charge in [0.1, 0.15) is 0 Å². The van der Waals surface area contributed by atoms with E-state index in [1.54, 1.807) is 13.8 Å². The predicted octanol–water partition coefficient (Wildman–Crippen LogP) is 0.382. The number of hydrogen-bond donors (Lipinski definition) is 2. The van der Waals surface area contributed by atoms with Crippen LogP contribution in [0.1, 0.15) is 13.8 Å². The lowest BCUT2D eigenvalue weighted by atomic mass is 10.2. The Bertz CT molecular complexity index is 585. The van der Waals surface area contributed by atoms with Crippen LogP contribution in [0.15, 0.2) is 9.79 Å². The van der Waals surface area contributed by atoms with E-state index >= 15 is 0 Å². The summed E-state index contributed by atoms with van der Waals surface area (Å²) in [6.45, 7) is 7.13. The number of carbonyl (C=O) groups is 1. The number of hydrogen-bond acceptors (Lipinski definition) is 4. The molecule has 1 aliphatic rings. The van der Waals surface area contributed by atoms with E-state index < -0.39 is 5.56 Å². The molecule has 7 heteroatoms. The van der Waals surface area contributed by atoms with Crippen LogP contribution >= 0.6 is 0 Å². The van der Waals surface area contributed by atoms with Crippen molar-refractivity contribution in [1.29, 1.82) is 0 Å². The number of aromatic amines is 1. The minimum absolute atomic E-state index is 0.103. The molecule has 1 aromatic rings. The molecule has 2 rings (SSSR count). The zero-order chi connectivity index (χ0) is 12.6. The summed E-state index contributed by atoms with van der Waals surface area (Å²) in [5, 5.41) is 2.52. The summed E-state index contributed by atoms with van der Waals surface area (Å²) in [7, 11) is 0. The van der Waals surface area contributed by atoms with Gasteiger partial charge in [-0.2, -0.15) is 0 Å². The minimum Gasteiger partial charge on any atom is -0.281 e. The Labute approximate surface area is 96.9 Å². The Kier molecular flexibility index (Phi) is 2.58. The lowest BCUT2D eigenvalue weighted by molar-refractivity contribution is -0.282. The van der Waals surface area contributed by atoms with E-state index in [0.717, 1.165) is 0 Å². The number of carbonyl (C=O) groups excluding carboxylic acids is 1. The molecule has 17 heavy (non-hydrogen) atoms. The highest BCUT2D eigenvalue weighted by atomic mass is 16.2. The van der Waals surface area contributed by atoms with Crippen molar-refractivity contribution in [2.24, 2.45) is 10.9 Å². The van der Waals surface area contributed by atoms with E-state index in [0.29, 0.717) is 5.82 Å². The molecule has 2 heterocycles. The van der Waals surface area contributed by atoms with Crippen molar-refractivity contribution in [3.63, 3.8) is 0 Å². The Morgan fingerprint density at radius 2 is 2.29 bits per heavy atom. The first kappa shape index (κ1) is 11.2. The number of fused-ring (bicyclic) bond motifs is 1. The van der Waals surface area contributed by atoms with Gasteiger partial charge in [0.15, 0.2) is 0 Å². The van der Waals surface area contributed by atoms with Gasteiger partial charge in [0.2, 0.25) is 12.2 Å². The molecular weight excluding hydrogens is 222 g/mol. The molecule has 0 aromatic carbocycles. The van der Waals surface area contributed by atoms with Crippen LogP contribution in [0.3, 0.4) is 0 Å². The fraction of sp³-hybridized carbons (Fsp3) is 0.300. The minimum atomic E-state index is -0.406. The molecule has 0 spiro atoms. The summed E-state index contributed by atoms with van der Waals surface area (Å²) in [5.74, 6) is 0.0164. The zero-order valence-electron chi connectivity index (χ0n) is 9.52. The first-order valence-corrected chi connectivity index (χ1v) is 5.08. The molecule has 0 atom stereocenters. The molecular formula is C10H12N5O2+. The van der Waals surface area contributed by atoms with Gasteiger partial charge in [-0.1, -0.05) is 23.8 Å². The van der Waals surface area contributed by atoms with Crippen molar-refractivity contribution < 1.29 is 9.37 Å². The number of nitrogens with zero attached hydrogens (tertiary/aromatic N) is 3. The van der Waals surface area contributed by atoms with Gasteiger partial charge >= 0.3 is 11.4 Å². The number of aromatic nitrogens is 2. The van der Waals surface area contributed by atoms with Crippen LogP contribution in [-0.4, -0.2) is 33.5 Å². The largest absolute Gasteiger partial charge is 0.319 e. The molecule has 1 amide bonds. The third-order valence-electron chi connectivity index (χ3n) is 2.24. The van der Waals surface area contributed by atoms with Crippen molar-refractivity contribution in [3.8, 4) is 0 Å². The molecule has 0 saturated heterocycles. The summed E-state index contributed by atoms with van der Waals surface area (Å²) in [4.78, 5) is 33.5. The predicted molar refractivity (Wildman–Crippen MR) is 63.5 cm³/mol. The topological polar surface area (TPSA) is 90.2 Å². The summed E-state index contributed by atoms with van der Waals surface area (Å²) in [6, 6.07) is 0. The fourth-order valence-corrected chi connectivity index (χ4v) is 1.27. The van der Waals surface area contributed by atoms with Crippen LogP contribution in [0.5, 0.6) is 0 Å². The highest BCUT2D eigenvalue weighted by Gasteiger charge is 2.26. The van der Waals surface area contributed by atoms with Crippen molar-refractivity contribution in [1.82, 2.24) is 9.97 Å². The van der Waals surface area contributed by atoms with Crippen molar-refractivity contribution in [2.45, 2.75) is 13.8 Å². The van der Waals surface area contributed by atoms with Gasteiger partial charge in [-0.15, -0.1) is 0 Å². The maximum Gasteiger partial charge on any atom is 0.319 e. The van der Waals surface area contributed by atoms with Gasteiger partial charge in [-0.25, -0.2) is 4.58 Å². The van der Waals surface area contributed by atoms with Crippen LogP contribution in [0, 0.1) is 5.92 Å². The molecule has 0 saturated carbocycles. The molecule has 0 unspecified atom stereocenters. The number of rotatable bonds is 2. The van der Waals surface area contributed by atoms with Crippen molar-refractivity contribution in [2.75, 3.05) is 5.32 Å². The van der Waals surface area contributed by atoms with Crippen LogP contribution in [0.25, 0.3) is 0 Å². The SMILES string of the molecule is C=[N+]1C=Nc2c1nc(NC(=O)C(C)C)[nH]c2=O. The van der Waals surface area contributed by atoms with E-state index in [4.69, 9.17) is 0 Å². The number of amides is 1. The first-order chi connectivity index (χ1) is 7.99. The monoisotopic (exact) mass is 234 g/mol. The van der Waals surface area contributed by atoms with Crippen LogP contribution in [0.2, 0.25) is 0 Å². The molecule has 1 aromatic heterocycles. The Hall–Kier alpha value is -2.31. The average molecular weight is 234 g/mol. The standard InChI is InChI=1S/C10H11N5O2/c1-5(2)8(16)13-10-12-7-6(9(17)14-10)11-4-15(7)3/h4-5H,3H2,1-2H3,(H-,12,13,14,16,17)/p+1. The molecule has 1 aliphatic heterocycles. The molecule has 7 nitrogen and oxygen atoms in total. The highest BCUT2D eigenvalue weighted by Crippen LogP contribution is 2.24. The number of H-pyrrole nitrogens is 1. The van der Waals surface area contributed by atoms with Crippen molar-refractivity contribution >= 4 is 36.4 Å². The normalized spacial score (nSPS) is 13.0. The fourth-order valence-electron chi connectivity index (χ4n) is 1.27. The van der Waals surface area contributed by atoms with Gasteiger partial charge in [-0.05, 0) is 0 Å². The third-order valence-corrected chi connectivity index (χ3v) is 2.24. The summed E-state index contributed by atoms with van der Waals surface area (Å²) in [6.07, 6.45) is 1.39. The second-order valence-electron chi connectivity index (χ2n) is 3.95. The lowest BCUT2D eigenvalue weighted by Crippen LogP contribution is -2.22. The van der Waals surface area contributed by atoms with Crippen LogP contribution in [0.4, 0.5) is 17.5 Å². The van der Waals surface area contributed by atoms with Gasteiger partial charge < -0.3 is 0 Å². The molecule has 0 radical (unpaired) electrons. The number of nitrogens with one attached hydrogen (secondary N) is 2. The van der Waals surface area contributed by atoms with Gasteiger partial charge in [-0.3, -0.25) is 19.9 Å². The van der Waals surface area contributed by atoms with E-state index in [1.165, 1.54) is 10.9 Å². The van der Waals surface area contributed by atoms with Crippen molar-refractivity contribution in [3.05, 3.63) is 10.4 Å². The number of anilines is 1.